The fourth-order valence-corrected chi connectivity index (χ4v) is 3.16. The Morgan fingerprint density at radius 3 is 1.73 bits per heavy atom. The summed E-state index contributed by atoms with van der Waals surface area (Å²) in [4.78, 5) is 27.3. The van der Waals surface area contributed by atoms with Crippen molar-refractivity contribution in [3.63, 3.8) is 0 Å². The molecule has 2 aromatic carbocycles. The van der Waals surface area contributed by atoms with Gasteiger partial charge in [0, 0.05) is 16.7 Å². The number of esters is 1. The number of aliphatic hydroxyl groups is 1. The molecule has 49 heavy (non-hydrogen) atoms. The van der Waals surface area contributed by atoms with Crippen LogP contribution in [0.1, 0.15) is 49.8 Å². The Morgan fingerprint density at radius 1 is 0.918 bits per heavy atom. The number of nitrogens with one attached hydrogen (secondary N) is 1. The third-order valence-corrected chi connectivity index (χ3v) is 5.46. The molecule has 0 saturated carbocycles. The summed E-state index contributed by atoms with van der Waals surface area (Å²) < 4.78 is 74.1. The van der Waals surface area contributed by atoms with Crippen molar-refractivity contribution in [2.75, 3.05) is 24.8 Å². The fraction of sp³-hybridized carbons (Fsp3) is 0.333. The zero-order valence-corrected chi connectivity index (χ0v) is 27.8. The smallest absolute Gasteiger partial charge is 0.490 e. The number of rotatable bonds is 5. The van der Waals surface area contributed by atoms with Gasteiger partial charge in [-0.05, 0) is 56.2 Å². The number of carbonyl (C=O) groups is 1. The van der Waals surface area contributed by atoms with Crippen LogP contribution in [0.15, 0.2) is 58.5 Å². The van der Waals surface area contributed by atoms with E-state index in [9.17, 15) is 31.1 Å². The number of alkyl halides is 6. The molecular formula is C27H35Cl2F6N10O4-. The number of nitrogens with zero attached hydrogens (tertiary/aromatic N) is 5. The molecule has 2 atom stereocenters. The Hall–Kier alpha value is -4.66. The molecule has 0 spiro atoms. The molecule has 1 aromatic heterocycles. The number of ether oxygens (including phenoxy) is 1. The minimum atomic E-state index is -4.85. The van der Waals surface area contributed by atoms with Crippen LogP contribution in [0.3, 0.4) is 0 Å². The molecule has 0 radical (unpaired) electrons. The molecule has 3 aromatic rings. The molecule has 0 fully saturated rings. The Morgan fingerprint density at radius 2 is 1.37 bits per heavy atom. The molecule has 0 bridgehead atoms. The van der Waals surface area contributed by atoms with Gasteiger partial charge in [-0.3, -0.25) is 0 Å². The van der Waals surface area contributed by atoms with Gasteiger partial charge in [0.15, 0.2) is 5.96 Å². The Balaban J connectivity index is 0. The van der Waals surface area contributed by atoms with Gasteiger partial charge in [0.2, 0.25) is 23.7 Å². The van der Waals surface area contributed by atoms with E-state index in [0.717, 1.165) is 11.1 Å². The van der Waals surface area contributed by atoms with Crippen LogP contribution in [0.5, 0.6) is 0 Å². The topological polar surface area (TPSA) is 256 Å². The number of methoxy groups -OCH3 is 1. The van der Waals surface area contributed by atoms with Crippen molar-refractivity contribution in [2.45, 2.75) is 45.2 Å². The van der Waals surface area contributed by atoms with Crippen molar-refractivity contribution in [2.24, 2.45) is 27.2 Å². The van der Waals surface area contributed by atoms with Crippen LogP contribution in [0.2, 0.25) is 10.0 Å². The number of carbonyl (C=O) groups excluding carboxylic acids is 1. The lowest BCUT2D eigenvalue weighted by Gasteiger charge is -2.15. The second-order valence-electron chi connectivity index (χ2n) is 8.81. The molecule has 0 aliphatic carbocycles. The maximum Gasteiger partial charge on any atom is 0.490 e. The molecule has 0 saturated heterocycles. The summed E-state index contributed by atoms with van der Waals surface area (Å²) in [7, 11) is 0.676. The lowest BCUT2D eigenvalue weighted by Crippen LogP contribution is -2.26. The SMILES string of the molecule is CC(N=C(N)N=C(N)N)c1ccc(Cl)cc1.CC(Nc1nc(N)nc(C(F)(F)F)n1)c1ccc(Cl)cc1.CCO.COC(=O)C(F)(F)F.[OH-]. The van der Waals surface area contributed by atoms with E-state index in [2.05, 4.69) is 35.0 Å². The second kappa shape index (κ2) is 22.1. The van der Waals surface area contributed by atoms with Gasteiger partial charge in [-0.2, -0.15) is 46.3 Å². The standard InChI is InChI=1S/C12H11ClF3N5.C10H14ClN5.C3H3F3O2.C2H6O.H2O/c1-6(7-2-4-8(13)5-3-7)18-11-20-9(12(14,15)16)19-10(17)21-11;1-6(15-10(14)16-9(12)13)7-2-4-8(11)5-3-7;1-8-2(7)3(4,5)6;1-2-3;/h2-6H,1H3,(H3,17,18,19,20,21);2-6H,1H3,(H6,12,13,14,15,16);1H3;3H,2H2,1H3;1H2/p-1. The van der Waals surface area contributed by atoms with Gasteiger partial charge >= 0.3 is 18.3 Å². The van der Waals surface area contributed by atoms with Crippen molar-refractivity contribution >= 4 is 53.0 Å². The van der Waals surface area contributed by atoms with E-state index in [1.54, 1.807) is 50.2 Å². The number of aromatic nitrogens is 3. The van der Waals surface area contributed by atoms with E-state index >= 15 is 0 Å². The minimum absolute atomic E-state index is 0. The fourth-order valence-electron chi connectivity index (χ4n) is 2.90. The number of hydrogen-bond donors (Lipinski definition) is 6. The van der Waals surface area contributed by atoms with Crippen molar-refractivity contribution in [1.82, 2.24) is 15.0 Å². The number of nitrogens with two attached hydrogens (primary N) is 4. The van der Waals surface area contributed by atoms with E-state index in [-0.39, 0.29) is 42.0 Å². The minimum Gasteiger partial charge on any atom is -0.870 e. The predicted octanol–water partition coefficient (Wildman–Crippen LogP) is 4.83. The predicted molar refractivity (Wildman–Crippen MR) is 173 cm³/mol. The molecule has 1 heterocycles. The number of guanidine groups is 2. The average molecular weight is 749 g/mol. The Bertz CT molecular complexity index is 1480. The second-order valence-corrected chi connectivity index (χ2v) is 9.69. The molecule has 3 rings (SSSR count). The first-order valence-electron chi connectivity index (χ1n) is 13.2. The maximum atomic E-state index is 12.6. The highest BCUT2D eigenvalue weighted by atomic mass is 35.5. The first-order valence-corrected chi connectivity index (χ1v) is 13.9. The van der Waals surface area contributed by atoms with Gasteiger partial charge in [-0.1, -0.05) is 47.5 Å². The van der Waals surface area contributed by atoms with Crippen LogP contribution >= 0.6 is 23.2 Å². The van der Waals surface area contributed by atoms with Crippen molar-refractivity contribution in [1.29, 1.82) is 0 Å². The molecule has 274 valence electrons. The Labute approximate surface area is 286 Å². The van der Waals surface area contributed by atoms with Crippen LogP contribution in [-0.2, 0) is 15.7 Å². The number of benzene rings is 2. The van der Waals surface area contributed by atoms with Gasteiger partial charge in [-0.25, -0.2) is 9.79 Å². The highest BCUT2D eigenvalue weighted by molar-refractivity contribution is 6.30. The molecule has 22 heteroatoms. The first kappa shape index (κ1) is 46.5. The summed E-state index contributed by atoms with van der Waals surface area (Å²) in [5.41, 5.74) is 22.9. The molecule has 0 aliphatic rings. The van der Waals surface area contributed by atoms with Crippen LogP contribution < -0.4 is 28.3 Å². The van der Waals surface area contributed by atoms with Gasteiger partial charge in [0.25, 0.3) is 0 Å². The number of aliphatic imine (C=N–C) groups is 2. The number of aliphatic hydroxyl groups excluding tert-OH is 1. The largest absolute Gasteiger partial charge is 0.870 e. The van der Waals surface area contributed by atoms with E-state index in [4.69, 9.17) is 51.2 Å². The molecule has 14 nitrogen and oxygen atoms in total. The maximum absolute atomic E-state index is 12.6. The summed E-state index contributed by atoms with van der Waals surface area (Å²) in [5.74, 6) is -4.29. The van der Waals surface area contributed by atoms with E-state index < -0.39 is 30.1 Å². The van der Waals surface area contributed by atoms with Gasteiger partial charge in [0.1, 0.15) is 0 Å². The van der Waals surface area contributed by atoms with E-state index in [1.807, 2.05) is 19.1 Å². The van der Waals surface area contributed by atoms with Crippen LogP contribution in [-0.4, -0.2) is 63.3 Å². The lowest BCUT2D eigenvalue weighted by atomic mass is 10.1. The Kier molecular flexibility index (Phi) is 20.9. The van der Waals surface area contributed by atoms with E-state index in [1.165, 1.54) is 0 Å². The van der Waals surface area contributed by atoms with Crippen LogP contribution in [0, 0.1) is 0 Å². The third kappa shape index (κ3) is 19.7. The average Bonchev–Trinajstić information content (AvgIpc) is 2.96. The molecule has 0 amide bonds. The van der Waals surface area contributed by atoms with Crippen molar-refractivity contribution < 1.29 is 46.5 Å². The zero-order chi connectivity index (χ0) is 37.2. The normalized spacial score (nSPS) is 12.1. The molecular weight excluding hydrogens is 713 g/mol. The first-order chi connectivity index (χ1) is 22.1. The summed E-state index contributed by atoms with van der Waals surface area (Å²) in [5, 5.41) is 11.6. The number of hydrogen-bond acceptors (Lipinski definition) is 10. The number of halogens is 8. The zero-order valence-electron chi connectivity index (χ0n) is 26.3. The summed E-state index contributed by atoms with van der Waals surface area (Å²) in [6.45, 7) is 5.56. The number of nitrogen functional groups attached to an aromatic ring is 1. The summed E-state index contributed by atoms with van der Waals surface area (Å²) in [6, 6.07) is 13.7. The van der Waals surface area contributed by atoms with Crippen molar-refractivity contribution in [3.8, 4) is 0 Å². The van der Waals surface area contributed by atoms with Crippen LogP contribution in [0.4, 0.5) is 38.2 Å². The van der Waals surface area contributed by atoms with E-state index in [0.29, 0.717) is 17.2 Å². The van der Waals surface area contributed by atoms with Gasteiger partial charge < -0.3 is 43.6 Å². The summed E-state index contributed by atoms with van der Waals surface area (Å²) >= 11 is 11.5. The van der Waals surface area contributed by atoms with Gasteiger partial charge in [-0.15, -0.1) is 0 Å². The highest BCUT2D eigenvalue weighted by Crippen LogP contribution is 2.28. The molecule has 2 unspecified atom stereocenters. The highest BCUT2D eigenvalue weighted by Gasteiger charge is 2.40. The number of anilines is 2. The monoisotopic (exact) mass is 747 g/mol. The van der Waals surface area contributed by atoms with Gasteiger partial charge in [0.05, 0.1) is 19.2 Å². The quantitative estimate of drug-likeness (QED) is 0.0888. The van der Waals surface area contributed by atoms with Crippen LogP contribution in [0.25, 0.3) is 0 Å². The third-order valence-electron chi connectivity index (χ3n) is 4.96. The molecule has 0 aliphatic heterocycles. The summed E-state index contributed by atoms with van der Waals surface area (Å²) in [6.07, 6.45) is -9.54. The van der Waals surface area contributed by atoms with Crippen molar-refractivity contribution in [3.05, 3.63) is 75.5 Å². The molecule has 11 N–H and O–H groups in total. The lowest BCUT2D eigenvalue weighted by molar-refractivity contribution is -0.196.